The number of amides is 1. The molecule has 2 heterocycles. The normalized spacial score (nSPS) is 15.0. The molecule has 0 spiro atoms. The highest BCUT2D eigenvalue weighted by Gasteiger charge is 2.22. The van der Waals surface area contributed by atoms with Crippen LogP contribution in [0.2, 0.25) is 0 Å². The molecule has 1 aliphatic heterocycles. The van der Waals surface area contributed by atoms with Gasteiger partial charge in [-0.3, -0.25) is 9.69 Å². The largest absolute Gasteiger partial charge is 0.336 e. The van der Waals surface area contributed by atoms with Crippen molar-refractivity contribution in [3.8, 4) is 0 Å². The number of hydrogen-bond acceptors (Lipinski definition) is 3. The average molecular weight is 360 g/mol. The van der Waals surface area contributed by atoms with Crippen LogP contribution in [-0.2, 0) is 13.1 Å². The molecule has 5 nitrogen and oxygen atoms in total. The maximum atomic E-state index is 12.8. The summed E-state index contributed by atoms with van der Waals surface area (Å²) in [5.41, 5.74) is 3.25. The number of nitrogens with zero attached hydrogens (tertiary/aromatic N) is 4. The van der Waals surface area contributed by atoms with Gasteiger partial charge in [0.25, 0.3) is 5.91 Å². The zero-order valence-corrected chi connectivity index (χ0v) is 15.4. The minimum Gasteiger partial charge on any atom is -0.336 e. The number of benzene rings is 2. The van der Waals surface area contributed by atoms with E-state index in [-0.39, 0.29) is 5.91 Å². The summed E-state index contributed by atoms with van der Waals surface area (Å²) in [6.07, 6.45) is 5.51. The van der Waals surface area contributed by atoms with Crippen LogP contribution in [0.4, 0.5) is 0 Å². The Morgan fingerprint density at radius 2 is 1.56 bits per heavy atom. The van der Waals surface area contributed by atoms with Gasteiger partial charge in [0.05, 0.1) is 6.33 Å². The van der Waals surface area contributed by atoms with Crippen molar-refractivity contribution in [2.75, 3.05) is 26.2 Å². The Morgan fingerprint density at radius 1 is 0.852 bits per heavy atom. The Balaban J connectivity index is 1.31. The van der Waals surface area contributed by atoms with E-state index in [9.17, 15) is 4.79 Å². The van der Waals surface area contributed by atoms with Crippen LogP contribution in [0.15, 0.2) is 73.3 Å². The summed E-state index contributed by atoms with van der Waals surface area (Å²) < 4.78 is 2.02. The van der Waals surface area contributed by atoms with Crippen LogP contribution >= 0.6 is 0 Å². The van der Waals surface area contributed by atoms with E-state index in [1.807, 2.05) is 46.0 Å². The van der Waals surface area contributed by atoms with Crippen molar-refractivity contribution in [1.82, 2.24) is 19.4 Å². The molecule has 138 valence electrons. The molecular formula is C22H24N4O. The SMILES string of the molecule is O=C(c1ccc(Cn2ccnc2)cc1)N1CCN(Cc2ccccc2)CC1. The summed E-state index contributed by atoms with van der Waals surface area (Å²) in [6.45, 7) is 5.11. The van der Waals surface area contributed by atoms with E-state index >= 15 is 0 Å². The lowest BCUT2D eigenvalue weighted by atomic mass is 10.1. The summed E-state index contributed by atoms with van der Waals surface area (Å²) >= 11 is 0. The smallest absolute Gasteiger partial charge is 0.253 e. The topological polar surface area (TPSA) is 41.4 Å². The third-order valence-corrected chi connectivity index (χ3v) is 5.03. The van der Waals surface area contributed by atoms with E-state index < -0.39 is 0 Å². The summed E-state index contributed by atoms with van der Waals surface area (Å²) in [6, 6.07) is 18.4. The van der Waals surface area contributed by atoms with Crippen molar-refractivity contribution in [3.63, 3.8) is 0 Å². The van der Waals surface area contributed by atoms with Gasteiger partial charge in [0.15, 0.2) is 0 Å². The van der Waals surface area contributed by atoms with Gasteiger partial charge in [-0.05, 0) is 23.3 Å². The van der Waals surface area contributed by atoms with Gasteiger partial charge in [-0.15, -0.1) is 0 Å². The van der Waals surface area contributed by atoms with Crippen molar-refractivity contribution < 1.29 is 4.79 Å². The molecule has 1 saturated heterocycles. The van der Waals surface area contributed by atoms with Crippen LogP contribution in [0.1, 0.15) is 21.5 Å². The predicted molar refractivity (Wildman–Crippen MR) is 105 cm³/mol. The van der Waals surface area contributed by atoms with Gasteiger partial charge in [-0.25, -0.2) is 4.98 Å². The number of carbonyl (C=O) groups excluding carboxylic acids is 1. The van der Waals surface area contributed by atoms with Gasteiger partial charge < -0.3 is 9.47 Å². The lowest BCUT2D eigenvalue weighted by molar-refractivity contribution is 0.0628. The second-order valence-electron chi connectivity index (χ2n) is 6.99. The van der Waals surface area contributed by atoms with Crippen LogP contribution < -0.4 is 0 Å². The van der Waals surface area contributed by atoms with Crippen molar-refractivity contribution in [2.24, 2.45) is 0 Å². The predicted octanol–water partition coefficient (Wildman–Crippen LogP) is 2.89. The van der Waals surface area contributed by atoms with E-state index in [0.29, 0.717) is 0 Å². The highest BCUT2D eigenvalue weighted by molar-refractivity contribution is 5.94. The Hall–Kier alpha value is -2.92. The molecule has 3 aromatic rings. The van der Waals surface area contributed by atoms with Gasteiger partial charge in [-0.2, -0.15) is 0 Å². The molecule has 2 aromatic carbocycles. The molecule has 27 heavy (non-hydrogen) atoms. The van der Waals surface area contributed by atoms with Crippen LogP contribution in [-0.4, -0.2) is 51.4 Å². The van der Waals surface area contributed by atoms with Gasteiger partial charge >= 0.3 is 0 Å². The van der Waals surface area contributed by atoms with Crippen LogP contribution in [0.3, 0.4) is 0 Å². The minimum absolute atomic E-state index is 0.128. The zero-order chi connectivity index (χ0) is 18.5. The Kier molecular flexibility index (Phi) is 5.30. The molecule has 1 aliphatic rings. The van der Waals surface area contributed by atoms with Crippen molar-refractivity contribution in [3.05, 3.63) is 90.0 Å². The van der Waals surface area contributed by atoms with Crippen molar-refractivity contribution in [2.45, 2.75) is 13.1 Å². The Morgan fingerprint density at radius 3 is 2.22 bits per heavy atom. The van der Waals surface area contributed by atoms with E-state index in [2.05, 4.69) is 34.1 Å². The van der Waals surface area contributed by atoms with Gasteiger partial charge in [0.2, 0.25) is 0 Å². The summed E-state index contributed by atoms with van der Waals surface area (Å²) in [5.74, 6) is 0.128. The van der Waals surface area contributed by atoms with Gasteiger partial charge in [0, 0.05) is 57.2 Å². The first-order valence-corrected chi connectivity index (χ1v) is 9.38. The first-order chi connectivity index (χ1) is 13.3. The fraction of sp³-hybridized carbons (Fsp3) is 0.273. The van der Waals surface area contributed by atoms with Crippen molar-refractivity contribution >= 4 is 5.91 Å². The number of imidazole rings is 1. The van der Waals surface area contributed by atoms with Crippen LogP contribution in [0.5, 0.6) is 0 Å². The van der Waals surface area contributed by atoms with Crippen molar-refractivity contribution in [1.29, 1.82) is 0 Å². The highest BCUT2D eigenvalue weighted by Crippen LogP contribution is 2.13. The van der Waals surface area contributed by atoms with Crippen LogP contribution in [0.25, 0.3) is 0 Å². The molecule has 4 rings (SSSR count). The van der Waals surface area contributed by atoms with E-state index in [0.717, 1.165) is 50.4 Å². The fourth-order valence-electron chi connectivity index (χ4n) is 3.48. The molecule has 1 aromatic heterocycles. The molecule has 0 atom stereocenters. The molecular weight excluding hydrogens is 336 g/mol. The van der Waals surface area contributed by atoms with E-state index in [1.165, 1.54) is 5.56 Å². The molecule has 0 saturated carbocycles. The zero-order valence-electron chi connectivity index (χ0n) is 15.4. The fourth-order valence-corrected chi connectivity index (χ4v) is 3.48. The quantitative estimate of drug-likeness (QED) is 0.703. The first-order valence-electron chi connectivity index (χ1n) is 9.38. The Labute approximate surface area is 159 Å². The average Bonchev–Trinajstić information content (AvgIpc) is 3.22. The minimum atomic E-state index is 0.128. The number of aromatic nitrogens is 2. The third-order valence-electron chi connectivity index (χ3n) is 5.03. The van der Waals surface area contributed by atoms with E-state index in [1.54, 1.807) is 12.5 Å². The van der Waals surface area contributed by atoms with E-state index in [4.69, 9.17) is 0 Å². The summed E-state index contributed by atoms with van der Waals surface area (Å²) in [7, 11) is 0. The molecule has 0 radical (unpaired) electrons. The molecule has 0 aliphatic carbocycles. The molecule has 0 bridgehead atoms. The number of rotatable bonds is 5. The van der Waals surface area contributed by atoms with Gasteiger partial charge in [0.1, 0.15) is 0 Å². The van der Waals surface area contributed by atoms with Gasteiger partial charge in [-0.1, -0.05) is 42.5 Å². The lowest BCUT2D eigenvalue weighted by Crippen LogP contribution is -2.48. The Bertz CT molecular complexity index is 851. The molecule has 5 heteroatoms. The highest BCUT2D eigenvalue weighted by atomic mass is 16.2. The second kappa shape index (κ2) is 8.18. The number of hydrogen-bond donors (Lipinski definition) is 0. The number of carbonyl (C=O) groups is 1. The summed E-state index contributed by atoms with van der Waals surface area (Å²) in [4.78, 5) is 21.2. The molecule has 1 amide bonds. The third kappa shape index (κ3) is 4.44. The maximum Gasteiger partial charge on any atom is 0.253 e. The molecule has 0 unspecified atom stereocenters. The first kappa shape index (κ1) is 17.5. The standard InChI is InChI=1S/C22H24N4O/c27-22(21-8-6-20(7-9-21)17-25-11-10-23-18-25)26-14-12-24(13-15-26)16-19-4-2-1-3-5-19/h1-11,18H,12-17H2. The lowest BCUT2D eigenvalue weighted by Gasteiger charge is -2.34. The molecule has 0 N–H and O–H groups in total. The summed E-state index contributed by atoms with van der Waals surface area (Å²) in [5, 5.41) is 0. The van der Waals surface area contributed by atoms with Crippen LogP contribution in [0, 0.1) is 0 Å². The molecule has 1 fully saturated rings. The number of piperazine rings is 1. The monoisotopic (exact) mass is 360 g/mol. The second-order valence-corrected chi connectivity index (χ2v) is 6.99. The maximum absolute atomic E-state index is 12.8.